The minimum absolute atomic E-state index is 0.0718. The maximum Gasteiger partial charge on any atom is 0.259 e. The molecule has 3 atom stereocenters. The molecule has 1 unspecified atom stereocenters. The monoisotopic (exact) mass is 456 g/mol. The van der Waals surface area contributed by atoms with Crippen molar-refractivity contribution in [2.45, 2.75) is 25.2 Å². The number of anilines is 2. The first-order valence-electron chi connectivity index (χ1n) is 10.0. The SMILES string of the molecule is CC(NC(=O)c1c(N)nn2cccnc12)c1cc(Cl)c2cncn2c1N1C[C@H](O)[C@@H](O)C1. The van der Waals surface area contributed by atoms with Crippen molar-refractivity contribution in [3.8, 4) is 0 Å². The lowest BCUT2D eigenvalue weighted by Crippen LogP contribution is -2.31. The Bertz CT molecular complexity index is 1330. The molecule has 5 heterocycles. The van der Waals surface area contributed by atoms with E-state index in [2.05, 4.69) is 20.4 Å². The van der Waals surface area contributed by atoms with Gasteiger partial charge < -0.3 is 26.2 Å². The van der Waals surface area contributed by atoms with Gasteiger partial charge in [-0.25, -0.2) is 14.5 Å². The number of halogens is 1. The summed E-state index contributed by atoms with van der Waals surface area (Å²) in [4.78, 5) is 23.4. The quantitative estimate of drug-likeness (QED) is 0.350. The average molecular weight is 457 g/mol. The number of nitrogens with one attached hydrogen (secondary N) is 1. The number of imidazole rings is 1. The zero-order valence-corrected chi connectivity index (χ0v) is 17.8. The highest BCUT2D eigenvalue weighted by atomic mass is 35.5. The van der Waals surface area contributed by atoms with Gasteiger partial charge in [0.25, 0.3) is 5.91 Å². The molecule has 4 aromatic heterocycles. The zero-order chi connectivity index (χ0) is 22.6. The summed E-state index contributed by atoms with van der Waals surface area (Å²) >= 11 is 6.49. The van der Waals surface area contributed by atoms with Crippen molar-refractivity contribution in [1.82, 2.24) is 29.3 Å². The highest BCUT2D eigenvalue weighted by molar-refractivity contribution is 6.34. The van der Waals surface area contributed by atoms with E-state index in [1.54, 1.807) is 41.5 Å². The average Bonchev–Trinajstić information content (AvgIpc) is 3.45. The zero-order valence-electron chi connectivity index (χ0n) is 17.1. The summed E-state index contributed by atoms with van der Waals surface area (Å²) in [5, 5.41) is 27.7. The Balaban J connectivity index is 1.54. The number of nitrogen functional groups attached to an aromatic ring is 1. The molecule has 166 valence electrons. The Morgan fingerprint density at radius 1 is 1.34 bits per heavy atom. The molecule has 0 saturated carbocycles. The van der Waals surface area contributed by atoms with Gasteiger partial charge in [-0.05, 0) is 19.1 Å². The second-order valence-corrected chi connectivity index (χ2v) is 8.21. The number of β-amino-alcohol motifs (C(OH)–C–C–N with tert-alkyl or cyclic N) is 2. The highest BCUT2D eigenvalue weighted by Gasteiger charge is 2.33. The minimum Gasteiger partial charge on any atom is -0.389 e. The summed E-state index contributed by atoms with van der Waals surface area (Å²) < 4.78 is 3.23. The maximum atomic E-state index is 13.1. The van der Waals surface area contributed by atoms with Crippen LogP contribution in [0.4, 0.5) is 11.6 Å². The van der Waals surface area contributed by atoms with Crippen molar-refractivity contribution in [3.05, 3.63) is 53.2 Å². The number of fused-ring (bicyclic) bond motifs is 2. The fraction of sp³-hybridized carbons (Fsp3) is 0.300. The summed E-state index contributed by atoms with van der Waals surface area (Å²) in [5.74, 6) is 0.316. The fourth-order valence-corrected chi connectivity index (χ4v) is 4.38. The lowest BCUT2D eigenvalue weighted by molar-refractivity contribution is 0.0572. The molecule has 1 aliphatic heterocycles. The summed E-state index contributed by atoms with van der Waals surface area (Å²) in [6.07, 6.45) is 4.70. The van der Waals surface area contributed by atoms with Gasteiger partial charge in [0.1, 0.15) is 17.7 Å². The second-order valence-electron chi connectivity index (χ2n) is 7.80. The Labute approximate surface area is 187 Å². The minimum atomic E-state index is -0.883. The van der Waals surface area contributed by atoms with Gasteiger partial charge in [0.05, 0.1) is 35.0 Å². The molecule has 1 saturated heterocycles. The first-order chi connectivity index (χ1) is 15.3. The first-order valence-corrected chi connectivity index (χ1v) is 10.4. The van der Waals surface area contributed by atoms with Crippen LogP contribution in [-0.4, -0.2) is 65.4 Å². The van der Waals surface area contributed by atoms with E-state index in [0.29, 0.717) is 27.6 Å². The van der Waals surface area contributed by atoms with Gasteiger partial charge in [0.15, 0.2) is 11.5 Å². The van der Waals surface area contributed by atoms with Gasteiger partial charge in [-0.15, -0.1) is 5.10 Å². The number of carbonyl (C=O) groups is 1. The molecular weight excluding hydrogens is 436 g/mol. The van der Waals surface area contributed by atoms with Crippen LogP contribution in [0.15, 0.2) is 37.1 Å². The van der Waals surface area contributed by atoms with Gasteiger partial charge in [0, 0.05) is 31.0 Å². The lowest BCUT2D eigenvalue weighted by atomic mass is 10.1. The van der Waals surface area contributed by atoms with E-state index in [0.717, 1.165) is 0 Å². The Morgan fingerprint density at radius 2 is 2.09 bits per heavy atom. The molecule has 0 spiro atoms. The molecule has 11 nitrogen and oxygen atoms in total. The van der Waals surface area contributed by atoms with Crippen molar-refractivity contribution < 1.29 is 15.0 Å². The Kier molecular flexibility index (Phi) is 4.88. The summed E-state index contributed by atoms with van der Waals surface area (Å²) in [7, 11) is 0. The third-order valence-electron chi connectivity index (χ3n) is 5.67. The topological polar surface area (TPSA) is 146 Å². The van der Waals surface area contributed by atoms with Crippen LogP contribution >= 0.6 is 11.6 Å². The van der Waals surface area contributed by atoms with Crippen LogP contribution in [0.2, 0.25) is 5.02 Å². The van der Waals surface area contributed by atoms with Crippen LogP contribution in [0.1, 0.15) is 28.9 Å². The smallest absolute Gasteiger partial charge is 0.259 e. The number of nitrogens with two attached hydrogens (primary N) is 1. The van der Waals surface area contributed by atoms with Crippen molar-refractivity contribution >= 4 is 40.3 Å². The number of nitrogens with zero attached hydrogens (tertiary/aromatic N) is 6. The normalized spacial score (nSPS) is 19.7. The third-order valence-corrected chi connectivity index (χ3v) is 5.98. The highest BCUT2D eigenvalue weighted by Crippen LogP contribution is 2.34. The van der Waals surface area contributed by atoms with Crippen molar-refractivity contribution in [2.75, 3.05) is 23.7 Å². The number of aliphatic hydroxyl groups is 2. The maximum absolute atomic E-state index is 13.1. The first kappa shape index (κ1) is 20.5. The van der Waals surface area contributed by atoms with Crippen LogP contribution in [-0.2, 0) is 0 Å². The number of aliphatic hydroxyl groups excluding tert-OH is 2. The molecule has 1 amide bonds. The number of aromatic nitrogens is 5. The molecular formula is C20H21ClN8O3. The molecule has 1 aliphatic rings. The predicted molar refractivity (Wildman–Crippen MR) is 118 cm³/mol. The van der Waals surface area contributed by atoms with E-state index in [9.17, 15) is 15.0 Å². The van der Waals surface area contributed by atoms with Crippen LogP contribution in [0.3, 0.4) is 0 Å². The van der Waals surface area contributed by atoms with Crippen molar-refractivity contribution in [2.24, 2.45) is 0 Å². The van der Waals surface area contributed by atoms with Gasteiger partial charge in [-0.3, -0.25) is 9.20 Å². The predicted octanol–water partition coefficient (Wildman–Crippen LogP) is 0.645. The molecule has 32 heavy (non-hydrogen) atoms. The fourth-order valence-electron chi connectivity index (χ4n) is 4.12. The number of pyridine rings is 1. The molecule has 0 aromatic carbocycles. The van der Waals surface area contributed by atoms with E-state index in [1.807, 2.05) is 11.8 Å². The number of hydrogen-bond acceptors (Lipinski definition) is 8. The van der Waals surface area contributed by atoms with E-state index in [-0.39, 0.29) is 24.5 Å². The third kappa shape index (κ3) is 3.22. The van der Waals surface area contributed by atoms with Crippen molar-refractivity contribution in [1.29, 1.82) is 0 Å². The molecule has 5 rings (SSSR count). The standard InChI is InChI=1S/C20H21ClN8O3/c1-10(25-19(32)16-17(22)26-29-4-2-3-24-18(16)29)11-5-12(21)13-6-23-9-28(13)20(11)27-7-14(30)15(31)8-27/h2-6,9-10,14-15,30-31H,7-8H2,1H3,(H2,22,26)(H,25,32)/t10?,14-,15-/m0/s1. The number of rotatable bonds is 4. The van der Waals surface area contributed by atoms with Crippen LogP contribution in [0.5, 0.6) is 0 Å². The van der Waals surface area contributed by atoms with E-state index >= 15 is 0 Å². The van der Waals surface area contributed by atoms with Crippen LogP contribution in [0, 0.1) is 0 Å². The van der Waals surface area contributed by atoms with E-state index in [4.69, 9.17) is 17.3 Å². The Morgan fingerprint density at radius 3 is 2.84 bits per heavy atom. The number of amides is 1. The lowest BCUT2D eigenvalue weighted by Gasteiger charge is -2.26. The van der Waals surface area contributed by atoms with Gasteiger partial charge in [0.2, 0.25) is 0 Å². The van der Waals surface area contributed by atoms with Crippen LogP contribution < -0.4 is 16.0 Å². The molecule has 5 N–H and O–H groups in total. The second kappa shape index (κ2) is 7.62. The summed E-state index contributed by atoms with van der Waals surface area (Å²) in [6.45, 7) is 2.28. The van der Waals surface area contributed by atoms with Gasteiger partial charge in [-0.2, -0.15) is 0 Å². The molecule has 12 heteroatoms. The molecule has 1 fully saturated rings. The van der Waals surface area contributed by atoms with Gasteiger partial charge in [-0.1, -0.05) is 11.6 Å². The van der Waals surface area contributed by atoms with E-state index in [1.165, 1.54) is 4.52 Å². The molecule has 0 radical (unpaired) electrons. The van der Waals surface area contributed by atoms with E-state index < -0.39 is 24.2 Å². The molecule has 0 aliphatic carbocycles. The number of hydrogen-bond donors (Lipinski definition) is 4. The summed E-state index contributed by atoms with van der Waals surface area (Å²) in [6, 6.07) is 2.94. The van der Waals surface area contributed by atoms with Crippen LogP contribution in [0.25, 0.3) is 11.2 Å². The molecule has 0 bridgehead atoms. The van der Waals surface area contributed by atoms with Crippen molar-refractivity contribution in [3.63, 3.8) is 0 Å². The number of carbonyl (C=O) groups excluding carboxylic acids is 1. The largest absolute Gasteiger partial charge is 0.389 e. The Hall–Kier alpha value is -3.41. The molecule has 4 aromatic rings. The van der Waals surface area contributed by atoms with Gasteiger partial charge >= 0.3 is 0 Å². The summed E-state index contributed by atoms with van der Waals surface area (Å²) in [5.41, 5.74) is 7.88.